The lowest BCUT2D eigenvalue weighted by atomic mass is 9.45. The SMILES string of the molecule is C[C@]12CCCC[C@@H]1CC[C@H]1[C@H]2CC[C@]2(C)[C@@H]1CCC21OCCO1. The van der Waals surface area contributed by atoms with Crippen LogP contribution in [0.2, 0.25) is 0 Å². The molecule has 0 unspecified atom stereocenters. The van der Waals surface area contributed by atoms with Gasteiger partial charge >= 0.3 is 0 Å². The highest BCUT2D eigenvalue weighted by Crippen LogP contribution is 2.69. The van der Waals surface area contributed by atoms with Crippen LogP contribution in [0.25, 0.3) is 0 Å². The number of rotatable bonds is 0. The molecule has 1 heterocycles. The summed E-state index contributed by atoms with van der Waals surface area (Å²) in [7, 11) is 0. The number of fused-ring (bicyclic) bond motifs is 6. The van der Waals surface area contributed by atoms with Gasteiger partial charge in [0, 0.05) is 11.8 Å². The molecule has 5 fully saturated rings. The molecule has 0 amide bonds. The third kappa shape index (κ3) is 1.83. The minimum Gasteiger partial charge on any atom is -0.347 e. The van der Waals surface area contributed by atoms with Gasteiger partial charge in [-0.3, -0.25) is 0 Å². The Balaban J connectivity index is 1.47. The molecule has 0 bridgehead atoms. The Morgan fingerprint density at radius 3 is 2.35 bits per heavy atom. The molecule has 2 nitrogen and oxygen atoms in total. The molecule has 23 heavy (non-hydrogen) atoms. The number of hydrogen-bond acceptors (Lipinski definition) is 2. The molecule has 2 heteroatoms. The lowest BCUT2D eigenvalue weighted by molar-refractivity contribution is -0.247. The summed E-state index contributed by atoms with van der Waals surface area (Å²) >= 11 is 0. The van der Waals surface area contributed by atoms with Gasteiger partial charge < -0.3 is 9.47 Å². The van der Waals surface area contributed by atoms with E-state index in [-0.39, 0.29) is 11.2 Å². The maximum Gasteiger partial charge on any atom is 0.174 e. The first-order valence-electron chi connectivity index (χ1n) is 10.4. The van der Waals surface area contributed by atoms with Crippen molar-refractivity contribution in [3.05, 3.63) is 0 Å². The van der Waals surface area contributed by atoms with Gasteiger partial charge in [0.2, 0.25) is 0 Å². The monoisotopic (exact) mass is 318 g/mol. The standard InChI is InChI=1S/C21H34O2/c1-19-10-4-3-5-15(19)6-7-16-17(19)8-11-20(2)18(16)9-12-21(20)22-13-14-23-21/h15-18H,3-14H2,1-2H3/t15-,16+,17-,18-,19+,20-/m1/s1. The van der Waals surface area contributed by atoms with Gasteiger partial charge in [0.25, 0.3) is 0 Å². The lowest BCUT2D eigenvalue weighted by Gasteiger charge is -2.61. The smallest absolute Gasteiger partial charge is 0.174 e. The highest BCUT2D eigenvalue weighted by molar-refractivity contribution is 5.12. The van der Waals surface area contributed by atoms with Crippen LogP contribution in [0.15, 0.2) is 0 Å². The van der Waals surface area contributed by atoms with Gasteiger partial charge in [-0.15, -0.1) is 0 Å². The highest BCUT2D eigenvalue weighted by atomic mass is 16.7. The Morgan fingerprint density at radius 1 is 0.739 bits per heavy atom. The van der Waals surface area contributed by atoms with Crippen LogP contribution in [0.3, 0.4) is 0 Å². The zero-order chi connectivity index (χ0) is 15.7. The summed E-state index contributed by atoms with van der Waals surface area (Å²) in [5, 5.41) is 0. The molecular weight excluding hydrogens is 284 g/mol. The van der Waals surface area contributed by atoms with Gasteiger partial charge in [-0.05, 0) is 74.0 Å². The van der Waals surface area contributed by atoms with Crippen molar-refractivity contribution in [1.82, 2.24) is 0 Å². The van der Waals surface area contributed by atoms with Crippen molar-refractivity contribution in [3.8, 4) is 0 Å². The van der Waals surface area contributed by atoms with E-state index in [1.165, 1.54) is 57.8 Å². The Bertz CT molecular complexity index is 482. The van der Waals surface area contributed by atoms with Gasteiger partial charge in [-0.25, -0.2) is 0 Å². The maximum atomic E-state index is 6.26. The van der Waals surface area contributed by atoms with Crippen LogP contribution in [0.4, 0.5) is 0 Å². The molecule has 4 saturated carbocycles. The quantitative estimate of drug-likeness (QED) is 0.614. The first-order valence-corrected chi connectivity index (χ1v) is 10.4. The first-order chi connectivity index (χ1) is 11.1. The fourth-order valence-corrected chi connectivity index (χ4v) is 8.18. The van der Waals surface area contributed by atoms with Crippen molar-refractivity contribution in [3.63, 3.8) is 0 Å². The Kier molecular flexibility index (Phi) is 3.29. The van der Waals surface area contributed by atoms with Gasteiger partial charge in [0.05, 0.1) is 13.2 Å². The molecule has 6 atom stereocenters. The molecule has 5 aliphatic rings. The zero-order valence-corrected chi connectivity index (χ0v) is 15.1. The summed E-state index contributed by atoms with van der Waals surface area (Å²) in [4.78, 5) is 0. The second-order valence-corrected chi connectivity index (χ2v) is 9.85. The normalized spacial score (nSPS) is 54.5. The van der Waals surface area contributed by atoms with E-state index in [1.807, 2.05) is 0 Å². The predicted octanol–water partition coefficient (Wildman–Crippen LogP) is 5.16. The van der Waals surface area contributed by atoms with Crippen molar-refractivity contribution in [2.75, 3.05) is 13.2 Å². The fraction of sp³-hybridized carbons (Fsp3) is 1.00. The van der Waals surface area contributed by atoms with E-state index in [1.54, 1.807) is 0 Å². The van der Waals surface area contributed by atoms with Crippen LogP contribution in [0, 0.1) is 34.5 Å². The highest BCUT2D eigenvalue weighted by Gasteiger charge is 2.66. The third-order valence-electron chi connectivity index (χ3n) is 9.38. The molecule has 0 radical (unpaired) electrons. The maximum absolute atomic E-state index is 6.26. The molecule has 0 aromatic carbocycles. The first kappa shape index (κ1) is 15.2. The summed E-state index contributed by atoms with van der Waals surface area (Å²) in [5.41, 5.74) is 0.929. The van der Waals surface area contributed by atoms with Crippen LogP contribution >= 0.6 is 0 Å². The van der Waals surface area contributed by atoms with Gasteiger partial charge in [0.1, 0.15) is 0 Å². The molecular formula is C21H34O2. The lowest BCUT2D eigenvalue weighted by Crippen LogP contribution is -2.56. The largest absolute Gasteiger partial charge is 0.347 e. The molecule has 1 aliphatic heterocycles. The number of ether oxygens (including phenoxy) is 2. The van der Waals surface area contributed by atoms with E-state index >= 15 is 0 Å². The minimum atomic E-state index is -0.215. The average Bonchev–Trinajstić information content (AvgIpc) is 3.14. The van der Waals surface area contributed by atoms with E-state index in [0.717, 1.165) is 43.3 Å². The second kappa shape index (κ2) is 4.97. The molecule has 0 N–H and O–H groups in total. The van der Waals surface area contributed by atoms with Crippen LogP contribution in [-0.2, 0) is 9.47 Å². The molecule has 5 rings (SSSR count). The molecule has 0 aromatic heterocycles. The minimum absolute atomic E-state index is 0.215. The van der Waals surface area contributed by atoms with Crippen LogP contribution in [0.1, 0.15) is 78.1 Å². The summed E-state index contributed by atoms with van der Waals surface area (Å²) < 4.78 is 12.5. The summed E-state index contributed by atoms with van der Waals surface area (Å²) in [6.07, 6.45) is 14.2. The van der Waals surface area contributed by atoms with Crippen molar-refractivity contribution >= 4 is 0 Å². The summed E-state index contributed by atoms with van der Waals surface area (Å²) in [6.45, 7) is 6.82. The van der Waals surface area contributed by atoms with Gasteiger partial charge in [-0.1, -0.05) is 26.7 Å². The average molecular weight is 319 g/mol. The van der Waals surface area contributed by atoms with Gasteiger partial charge in [-0.2, -0.15) is 0 Å². The number of hydrogen-bond donors (Lipinski definition) is 0. The fourth-order valence-electron chi connectivity index (χ4n) is 8.18. The van der Waals surface area contributed by atoms with E-state index in [4.69, 9.17) is 9.47 Å². The third-order valence-corrected chi connectivity index (χ3v) is 9.38. The van der Waals surface area contributed by atoms with Crippen LogP contribution in [-0.4, -0.2) is 19.0 Å². The van der Waals surface area contributed by atoms with Crippen molar-refractivity contribution in [1.29, 1.82) is 0 Å². The van der Waals surface area contributed by atoms with E-state index in [0.29, 0.717) is 5.41 Å². The summed E-state index contributed by atoms with van der Waals surface area (Å²) in [6, 6.07) is 0. The second-order valence-electron chi connectivity index (χ2n) is 9.85. The topological polar surface area (TPSA) is 18.5 Å². The van der Waals surface area contributed by atoms with Crippen molar-refractivity contribution in [2.24, 2.45) is 34.5 Å². The molecule has 4 aliphatic carbocycles. The molecule has 1 spiro atoms. The molecule has 1 saturated heterocycles. The van der Waals surface area contributed by atoms with E-state index in [9.17, 15) is 0 Å². The van der Waals surface area contributed by atoms with E-state index < -0.39 is 0 Å². The van der Waals surface area contributed by atoms with Gasteiger partial charge in [0.15, 0.2) is 5.79 Å². The Morgan fingerprint density at radius 2 is 1.52 bits per heavy atom. The molecule has 130 valence electrons. The van der Waals surface area contributed by atoms with Crippen molar-refractivity contribution in [2.45, 2.75) is 83.8 Å². The summed E-state index contributed by atoms with van der Waals surface area (Å²) in [5.74, 6) is 3.58. The van der Waals surface area contributed by atoms with Crippen LogP contribution < -0.4 is 0 Å². The molecule has 0 aromatic rings. The predicted molar refractivity (Wildman–Crippen MR) is 91.0 cm³/mol. The van der Waals surface area contributed by atoms with Crippen LogP contribution in [0.5, 0.6) is 0 Å². The van der Waals surface area contributed by atoms with E-state index in [2.05, 4.69) is 13.8 Å². The zero-order valence-electron chi connectivity index (χ0n) is 15.1. The Hall–Kier alpha value is -0.0800. The van der Waals surface area contributed by atoms with Crippen molar-refractivity contribution < 1.29 is 9.47 Å². The Labute approximate surface area is 141 Å².